The molecule has 1 amide bonds. The standard InChI is InChI=1S/C15H20N2O3/c1-9-12(17-14(19)20-15(2,3)4)7-11(8-16-9)13(18)10-5-6-10/h7-8,18H,5-6H2,1-4H3,(H,17,19). The molecule has 0 aliphatic heterocycles. The number of aromatic nitrogens is 1. The van der Waals surface area contributed by atoms with E-state index in [4.69, 9.17) is 4.74 Å². The maximum atomic E-state index is 11.8. The Morgan fingerprint density at radius 2 is 2.05 bits per heavy atom. The zero-order valence-corrected chi connectivity index (χ0v) is 12.3. The Morgan fingerprint density at radius 1 is 1.40 bits per heavy atom. The van der Waals surface area contributed by atoms with E-state index in [0.717, 1.165) is 18.4 Å². The molecule has 2 rings (SSSR count). The number of rotatable bonds is 2. The van der Waals surface area contributed by atoms with Crippen molar-refractivity contribution in [2.45, 2.75) is 46.1 Å². The summed E-state index contributed by atoms with van der Waals surface area (Å²) in [6.45, 7) is 7.20. The highest BCUT2D eigenvalue weighted by atomic mass is 16.6. The van der Waals surface area contributed by atoms with Gasteiger partial charge in [0, 0.05) is 11.8 Å². The number of carbonyl (C=O) groups is 1. The number of nitrogens with zero attached hydrogens (tertiary/aromatic N) is 1. The van der Waals surface area contributed by atoms with E-state index in [9.17, 15) is 9.90 Å². The van der Waals surface area contributed by atoms with E-state index in [1.807, 2.05) is 0 Å². The summed E-state index contributed by atoms with van der Waals surface area (Å²) in [4.78, 5) is 16.0. The molecule has 1 heterocycles. The second-order valence-electron chi connectivity index (χ2n) is 5.94. The van der Waals surface area contributed by atoms with Gasteiger partial charge >= 0.3 is 6.09 Å². The predicted molar refractivity (Wildman–Crippen MR) is 77.6 cm³/mol. The summed E-state index contributed by atoms with van der Waals surface area (Å²) in [6.07, 6.45) is 2.93. The van der Waals surface area contributed by atoms with Gasteiger partial charge in [0.15, 0.2) is 0 Å². The number of allylic oxidation sites excluding steroid dienone is 1. The van der Waals surface area contributed by atoms with Crippen molar-refractivity contribution in [3.05, 3.63) is 29.1 Å². The van der Waals surface area contributed by atoms with Crippen LogP contribution in [0.2, 0.25) is 0 Å². The van der Waals surface area contributed by atoms with Crippen LogP contribution in [0, 0.1) is 6.92 Å². The van der Waals surface area contributed by atoms with Gasteiger partial charge in [-0.3, -0.25) is 10.3 Å². The van der Waals surface area contributed by atoms with Crippen molar-refractivity contribution >= 4 is 17.5 Å². The monoisotopic (exact) mass is 276 g/mol. The number of pyridine rings is 1. The molecular formula is C15H20N2O3. The van der Waals surface area contributed by atoms with E-state index < -0.39 is 11.7 Å². The summed E-state index contributed by atoms with van der Waals surface area (Å²) in [6, 6.07) is 1.72. The first-order chi connectivity index (χ1) is 9.26. The Balaban J connectivity index is 2.17. The molecule has 0 spiro atoms. The van der Waals surface area contributed by atoms with Gasteiger partial charge in [-0.25, -0.2) is 4.79 Å². The van der Waals surface area contributed by atoms with Gasteiger partial charge in [-0.2, -0.15) is 0 Å². The Labute approximate surface area is 118 Å². The molecule has 0 saturated heterocycles. The second kappa shape index (κ2) is 5.15. The highest BCUT2D eigenvalue weighted by Gasteiger charge is 2.20. The van der Waals surface area contributed by atoms with Gasteiger partial charge in [-0.15, -0.1) is 0 Å². The Hall–Kier alpha value is -2.04. The fourth-order valence-corrected chi connectivity index (χ4v) is 1.71. The molecule has 1 aliphatic rings. The quantitative estimate of drug-likeness (QED) is 0.806. The lowest BCUT2D eigenvalue weighted by molar-refractivity contribution is 0.0635. The molecule has 1 saturated carbocycles. The molecular weight excluding hydrogens is 256 g/mol. The van der Waals surface area contributed by atoms with E-state index in [1.54, 1.807) is 40.0 Å². The number of aliphatic hydroxyl groups is 1. The van der Waals surface area contributed by atoms with Crippen LogP contribution in [0.4, 0.5) is 10.5 Å². The molecule has 0 bridgehead atoms. The van der Waals surface area contributed by atoms with Crippen molar-refractivity contribution < 1.29 is 14.6 Å². The third kappa shape index (κ3) is 3.73. The van der Waals surface area contributed by atoms with Crippen LogP contribution < -0.4 is 5.32 Å². The number of carbonyl (C=O) groups excluding carboxylic acids is 1. The molecule has 2 N–H and O–H groups in total. The van der Waals surface area contributed by atoms with E-state index in [-0.39, 0.29) is 5.76 Å². The number of hydrogen-bond donors (Lipinski definition) is 2. The fourth-order valence-electron chi connectivity index (χ4n) is 1.71. The normalized spacial score (nSPS) is 13.9. The van der Waals surface area contributed by atoms with Crippen LogP contribution in [0.1, 0.15) is 44.9 Å². The van der Waals surface area contributed by atoms with Crippen LogP contribution in [-0.2, 0) is 4.74 Å². The van der Waals surface area contributed by atoms with Crippen molar-refractivity contribution in [2.75, 3.05) is 5.32 Å². The summed E-state index contributed by atoms with van der Waals surface area (Å²) in [7, 11) is 0. The number of ether oxygens (including phenoxy) is 1. The molecule has 1 aliphatic carbocycles. The lowest BCUT2D eigenvalue weighted by Crippen LogP contribution is -2.27. The van der Waals surface area contributed by atoms with Crippen molar-refractivity contribution in [3.63, 3.8) is 0 Å². The molecule has 1 fully saturated rings. The van der Waals surface area contributed by atoms with E-state index in [1.165, 1.54) is 0 Å². The largest absolute Gasteiger partial charge is 0.507 e. The number of amides is 1. The fraction of sp³-hybridized carbons (Fsp3) is 0.467. The van der Waals surface area contributed by atoms with Gasteiger partial charge in [0.2, 0.25) is 0 Å². The summed E-state index contributed by atoms with van der Waals surface area (Å²) >= 11 is 0. The molecule has 0 unspecified atom stereocenters. The lowest BCUT2D eigenvalue weighted by Gasteiger charge is -2.20. The van der Waals surface area contributed by atoms with E-state index >= 15 is 0 Å². The first kappa shape index (κ1) is 14.4. The summed E-state index contributed by atoms with van der Waals surface area (Å²) < 4.78 is 5.20. The Bertz CT molecular complexity index is 565. The second-order valence-corrected chi connectivity index (χ2v) is 5.94. The van der Waals surface area contributed by atoms with Crippen LogP contribution in [-0.4, -0.2) is 21.8 Å². The first-order valence-electron chi connectivity index (χ1n) is 6.64. The molecule has 5 nitrogen and oxygen atoms in total. The zero-order valence-electron chi connectivity index (χ0n) is 12.3. The molecule has 5 heteroatoms. The van der Waals surface area contributed by atoms with Gasteiger partial charge in [0.25, 0.3) is 0 Å². The van der Waals surface area contributed by atoms with E-state index in [0.29, 0.717) is 16.9 Å². The van der Waals surface area contributed by atoms with Crippen LogP contribution in [0.3, 0.4) is 0 Å². The van der Waals surface area contributed by atoms with Gasteiger partial charge < -0.3 is 9.84 Å². The molecule has 0 radical (unpaired) electrons. The van der Waals surface area contributed by atoms with Crippen LogP contribution >= 0.6 is 0 Å². The van der Waals surface area contributed by atoms with Gasteiger partial charge in [0.05, 0.1) is 11.4 Å². The Morgan fingerprint density at radius 3 is 2.60 bits per heavy atom. The maximum absolute atomic E-state index is 11.8. The molecule has 20 heavy (non-hydrogen) atoms. The molecule has 108 valence electrons. The van der Waals surface area contributed by atoms with Gasteiger partial charge in [0.1, 0.15) is 11.4 Å². The minimum Gasteiger partial charge on any atom is -0.507 e. The number of nitrogens with one attached hydrogen (secondary N) is 1. The highest BCUT2D eigenvalue weighted by Crippen LogP contribution is 2.35. The number of anilines is 1. The van der Waals surface area contributed by atoms with Crippen molar-refractivity contribution in [3.8, 4) is 0 Å². The lowest BCUT2D eigenvalue weighted by atomic mass is 10.2. The molecule has 1 aromatic rings. The van der Waals surface area contributed by atoms with Crippen LogP contribution in [0.15, 0.2) is 17.8 Å². The summed E-state index contributed by atoms with van der Waals surface area (Å²) in [5.41, 5.74) is 2.31. The smallest absolute Gasteiger partial charge is 0.412 e. The third-order valence-corrected chi connectivity index (χ3v) is 2.83. The summed E-state index contributed by atoms with van der Waals surface area (Å²) in [5, 5.41) is 12.7. The maximum Gasteiger partial charge on any atom is 0.412 e. The highest BCUT2D eigenvalue weighted by molar-refractivity contribution is 5.86. The van der Waals surface area contributed by atoms with Crippen molar-refractivity contribution in [1.29, 1.82) is 0 Å². The van der Waals surface area contributed by atoms with Crippen molar-refractivity contribution in [1.82, 2.24) is 4.98 Å². The predicted octanol–water partition coefficient (Wildman–Crippen LogP) is 3.80. The third-order valence-electron chi connectivity index (χ3n) is 2.83. The Kier molecular flexibility index (Phi) is 3.70. The zero-order chi connectivity index (χ0) is 14.9. The van der Waals surface area contributed by atoms with Gasteiger partial charge in [-0.05, 0) is 52.2 Å². The number of hydrogen-bond acceptors (Lipinski definition) is 4. The van der Waals surface area contributed by atoms with E-state index in [2.05, 4.69) is 10.3 Å². The molecule has 0 aromatic carbocycles. The van der Waals surface area contributed by atoms with Gasteiger partial charge in [-0.1, -0.05) is 0 Å². The minimum absolute atomic E-state index is 0.268. The van der Waals surface area contributed by atoms with Crippen LogP contribution in [0.25, 0.3) is 5.76 Å². The number of aliphatic hydroxyl groups excluding tert-OH is 1. The molecule has 0 atom stereocenters. The van der Waals surface area contributed by atoms with Crippen molar-refractivity contribution in [2.24, 2.45) is 0 Å². The average molecular weight is 276 g/mol. The number of aryl methyl sites for hydroxylation is 1. The SMILES string of the molecule is Cc1ncc(C(O)=C2CC2)cc1NC(=O)OC(C)(C)C. The first-order valence-corrected chi connectivity index (χ1v) is 6.64. The molecule has 1 aromatic heterocycles. The summed E-state index contributed by atoms with van der Waals surface area (Å²) in [5.74, 6) is 0.268. The average Bonchev–Trinajstić information content (AvgIpc) is 3.12. The van der Waals surface area contributed by atoms with Crippen LogP contribution in [0.5, 0.6) is 0 Å². The minimum atomic E-state index is -0.554. The topological polar surface area (TPSA) is 71.5 Å².